The van der Waals surface area contributed by atoms with Gasteiger partial charge in [-0.25, -0.2) is 4.39 Å². The molecule has 0 bridgehead atoms. The molecule has 2 N–H and O–H groups in total. The molecule has 1 rings (SSSR count). The fourth-order valence-corrected chi connectivity index (χ4v) is 1.54. The molecule has 0 spiro atoms. The van der Waals surface area contributed by atoms with E-state index < -0.39 is 29.5 Å². The predicted octanol–water partition coefficient (Wildman–Crippen LogP) is 2.41. The lowest BCUT2D eigenvalue weighted by Crippen LogP contribution is -2.39. The second-order valence-corrected chi connectivity index (χ2v) is 4.34. The Labute approximate surface area is 119 Å². The molecule has 4 nitrogen and oxygen atoms in total. The molecule has 0 aliphatic carbocycles. The first-order valence-electron chi connectivity index (χ1n) is 6.15. The highest BCUT2D eigenvalue weighted by atomic mass is 19.4. The molecule has 0 aliphatic heterocycles. The molecule has 1 aromatic rings. The zero-order valence-corrected chi connectivity index (χ0v) is 11.6. The number of alkyl halides is 3. The van der Waals surface area contributed by atoms with Gasteiger partial charge in [0.2, 0.25) is 5.91 Å². The fraction of sp³-hybridized carbons (Fsp3) is 0.462. The van der Waals surface area contributed by atoms with E-state index in [1.807, 2.05) is 0 Å². The van der Waals surface area contributed by atoms with E-state index in [4.69, 9.17) is 4.74 Å². The molecule has 1 unspecified atom stereocenters. The SMILES string of the molecule is COCCNC(=O)C(C)Nc1ccc(C(F)(F)F)cc1F. The van der Waals surface area contributed by atoms with E-state index in [1.165, 1.54) is 14.0 Å². The first-order chi connectivity index (χ1) is 9.75. The van der Waals surface area contributed by atoms with Gasteiger partial charge < -0.3 is 15.4 Å². The normalized spacial score (nSPS) is 12.9. The van der Waals surface area contributed by atoms with Gasteiger partial charge in [0, 0.05) is 13.7 Å². The summed E-state index contributed by atoms with van der Waals surface area (Å²) in [5.41, 5.74) is -1.25. The summed E-state index contributed by atoms with van der Waals surface area (Å²) < 4.78 is 55.6. The second-order valence-electron chi connectivity index (χ2n) is 4.34. The van der Waals surface area contributed by atoms with Crippen LogP contribution < -0.4 is 10.6 Å². The summed E-state index contributed by atoms with van der Waals surface area (Å²) in [6.07, 6.45) is -4.61. The van der Waals surface area contributed by atoms with Crippen LogP contribution in [0.4, 0.5) is 23.2 Å². The highest BCUT2D eigenvalue weighted by Crippen LogP contribution is 2.31. The van der Waals surface area contributed by atoms with Gasteiger partial charge in [0.15, 0.2) is 0 Å². The van der Waals surface area contributed by atoms with Crippen molar-refractivity contribution in [2.75, 3.05) is 25.6 Å². The Morgan fingerprint density at radius 3 is 2.57 bits per heavy atom. The van der Waals surface area contributed by atoms with Crippen LogP contribution in [-0.4, -0.2) is 32.2 Å². The number of anilines is 1. The van der Waals surface area contributed by atoms with Gasteiger partial charge in [-0.2, -0.15) is 13.2 Å². The Kier molecular flexibility index (Phi) is 5.95. The third kappa shape index (κ3) is 5.22. The van der Waals surface area contributed by atoms with Crippen LogP contribution in [0.3, 0.4) is 0 Å². The van der Waals surface area contributed by atoms with Gasteiger partial charge in [0.25, 0.3) is 0 Å². The molecule has 0 saturated heterocycles. The number of hydrogen-bond donors (Lipinski definition) is 2. The van der Waals surface area contributed by atoms with E-state index in [-0.39, 0.29) is 12.2 Å². The number of carbonyl (C=O) groups is 1. The Hall–Kier alpha value is -1.83. The monoisotopic (exact) mass is 308 g/mol. The van der Waals surface area contributed by atoms with E-state index in [1.54, 1.807) is 0 Å². The number of rotatable bonds is 6. The maximum Gasteiger partial charge on any atom is 0.416 e. The number of ether oxygens (including phenoxy) is 1. The molecule has 118 valence electrons. The minimum atomic E-state index is -4.61. The quantitative estimate of drug-likeness (QED) is 0.627. The number of hydrogen-bond acceptors (Lipinski definition) is 3. The van der Waals surface area contributed by atoms with Gasteiger partial charge in [0.05, 0.1) is 17.9 Å². The summed E-state index contributed by atoms with van der Waals surface area (Å²) in [5.74, 6) is -1.48. The van der Waals surface area contributed by atoms with Crippen LogP contribution in [-0.2, 0) is 15.7 Å². The van der Waals surface area contributed by atoms with E-state index in [0.29, 0.717) is 12.7 Å². The van der Waals surface area contributed by atoms with Crippen LogP contribution in [0.5, 0.6) is 0 Å². The molecule has 0 aliphatic rings. The summed E-state index contributed by atoms with van der Waals surface area (Å²) in [4.78, 5) is 11.6. The molecule has 8 heteroatoms. The third-order valence-electron chi connectivity index (χ3n) is 2.67. The zero-order chi connectivity index (χ0) is 16.0. The van der Waals surface area contributed by atoms with Crippen LogP contribution in [0, 0.1) is 5.82 Å². The number of carbonyl (C=O) groups excluding carboxylic acids is 1. The van der Waals surface area contributed by atoms with E-state index in [2.05, 4.69) is 10.6 Å². The largest absolute Gasteiger partial charge is 0.416 e. The maximum absolute atomic E-state index is 13.6. The average Bonchev–Trinajstić information content (AvgIpc) is 2.39. The Balaban J connectivity index is 2.68. The highest BCUT2D eigenvalue weighted by Gasteiger charge is 2.31. The number of benzene rings is 1. The fourth-order valence-electron chi connectivity index (χ4n) is 1.54. The van der Waals surface area contributed by atoms with Gasteiger partial charge >= 0.3 is 6.18 Å². The van der Waals surface area contributed by atoms with Gasteiger partial charge in [-0.1, -0.05) is 0 Å². The minimum Gasteiger partial charge on any atom is -0.383 e. The number of amides is 1. The second kappa shape index (κ2) is 7.26. The molecule has 1 amide bonds. The van der Waals surface area contributed by atoms with Crippen LogP contribution in [0.25, 0.3) is 0 Å². The highest BCUT2D eigenvalue weighted by molar-refractivity contribution is 5.84. The van der Waals surface area contributed by atoms with Gasteiger partial charge in [0.1, 0.15) is 11.9 Å². The van der Waals surface area contributed by atoms with E-state index in [9.17, 15) is 22.4 Å². The molecule has 0 aromatic heterocycles. The first kappa shape index (κ1) is 17.2. The van der Waals surface area contributed by atoms with Crippen LogP contribution >= 0.6 is 0 Å². The van der Waals surface area contributed by atoms with Crippen molar-refractivity contribution >= 4 is 11.6 Å². The van der Waals surface area contributed by atoms with Crippen molar-refractivity contribution in [1.29, 1.82) is 0 Å². The minimum absolute atomic E-state index is 0.169. The molecular weight excluding hydrogens is 292 g/mol. The Bertz CT molecular complexity index is 492. The third-order valence-corrected chi connectivity index (χ3v) is 2.67. The molecule has 1 aromatic carbocycles. The topological polar surface area (TPSA) is 50.4 Å². The van der Waals surface area contributed by atoms with Crippen molar-refractivity contribution in [2.24, 2.45) is 0 Å². The van der Waals surface area contributed by atoms with Crippen molar-refractivity contribution in [3.05, 3.63) is 29.6 Å². The summed E-state index contributed by atoms with van der Waals surface area (Å²) in [6.45, 7) is 2.09. The van der Waals surface area contributed by atoms with Gasteiger partial charge in [-0.05, 0) is 25.1 Å². The lowest BCUT2D eigenvalue weighted by Gasteiger charge is -2.16. The van der Waals surface area contributed by atoms with Crippen molar-refractivity contribution in [2.45, 2.75) is 19.1 Å². The molecule has 0 radical (unpaired) electrons. The number of methoxy groups -OCH3 is 1. The van der Waals surface area contributed by atoms with Gasteiger partial charge in [-0.15, -0.1) is 0 Å². The summed E-state index contributed by atoms with van der Waals surface area (Å²) >= 11 is 0. The molecule has 21 heavy (non-hydrogen) atoms. The van der Waals surface area contributed by atoms with Gasteiger partial charge in [-0.3, -0.25) is 4.79 Å². The number of nitrogens with one attached hydrogen (secondary N) is 2. The predicted molar refractivity (Wildman–Crippen MR) is 69.4 cm³/mol. The lowest BCUT2D eigenvalue weighted by molar-refractivity contribution is -0.137. The first-order valence-corrected chi connectivity index (χ1v) is 6.15. The van der Waals surface area contributed by atoms with Crippen LogP contribution in [0.2, 0.25) is 0 Å². The zero-order valence-electron chi connectivity index (χ0n) is 11.6. The van der Waals surface area contributed by atoms with Crippen molar-refractivity contribution in [3.8, 4) is 0 Å². The number of halogens is 4. The lowest BCUT2D eigenvalue weighted by atomic mass is 10.1. The molecule has 1 atom stereocenters. The Morgan fingerprint density at radius 1 is 1.38 bits per heavy atom. The summed E-state index contributed by atoms with van der Waals surface area (Å²) in [5, 5.41) is 5.05. The molecule has 0 heterocycles. The Morgan fingerprint density at radius 2 is 2.05 bits per heavy atom. The standard InChI is InChI=1S/C13H16F4N2O2/c1-8(12(20)18-5-6-21-2)19-11-4-3-9(7-10(11)14)13(15,16)17/h3-4,7-8,19H,5-6H2,1-2H3,(H,18,20). The van der Waals surface area contributed by atoms with Crippen molar-refractivity contribution in [1.82, 2.24) is 5.32 Å². The average molecular weight is 308 g/mol. The summed E-state index contributed by atoms with van der Waals surface area (Å²) in [6, 6.07) is 1.30. The van der Waals surface area contributed by atoms with E-state index in [0.717, 1.165) is 12.1 Å². The smallest absolute Gasteiger partial charge is 0.383 e. The summed E-state index contributed by atoms with van der Waals surface area (Å²) in [7, 11) is 1.48. The molecule has 0 saturated carbocycles. The van der Waals surface area contributed by atoms with Crippen molar-refractivity contribution < 1.29 is 27.1 Å². The van der Waals surface area contributed by atoms with Crippen LogP contribution in [0.15, 0.2) is 18.2 Å². The maximum atomic E-state index is 13.6. The molecule has 0 fully saturated rings. The van der Waals surface area contributed by atoms with Crippen molar-refractivity contribution in [3.63, 3.8) is 0 Å². The van der Waals surface area contributed by atoms with Crippen LogP contribution in [0.1, 0.15) is 12.5 Å². The van der Waals surface area contributed by atoms with E-state index >= 15 is 0 Å². The molecular formula is C13H16F4N2O2.